The summed E-state index contributed by atoms with van der Waals surface area (Å²) in [6.45, 7) is 1.21. The van der Waals surface area contributed by atoms with E-state index in [1.54, 1.807) is 7.11 Å². The smallest absolute Gasteiger partial charge is 0.128 e. The van der Waals surface area contributed by atoms with Crippen LogP contribution in [0.5, 0.6) is 0 Å². The molecule has 1 heterocycles. The van der Waals surface area contributed by atoms with Crippen LogP contribution in [-0.2, 0) is 4.74 Å². The number of nitrogens with two attached hydrogens (primary N) is 1. The Balaban J connectivity index is 2.15. The van der Waals surface area contributed by atoms with E-state index in [2.05, 4.69) is 10.3 Å². The highest BCUT2D eigenvalue weighted by atomic mass is 19.1. The van der Waals surface area contributed by atoms with E-state index in [0.29, 0.717) is 0 Å². The highest BCUT2D eigenvalue weighted by molar-refractivity contribution is 5.99. The number of aliphatic imine (C=N–C) groups is 1. The SMILES string of the molecule is COC(c1ccc(C2=NCCCN2)cc1)C(N)CF. The molecule has 4 nitrogen and oxygen atoms in total. The van der Waals surface area contributed by atoms with Gasteiger partial charge >= 0.3 is 0 Å². The summed E-state index contributed by atoms with van der Waals surface area (Å²) < 4.78 is 17.9. The standard InChI is InChI=1S/C14H20FN3O/c1-19-13(12(16)9-15)10-3-5-11(6-4-10)14-17-7-2-8-18-14/h3-6,12-13H,2,7-9,16H2,1H3,(H,17,18). The molecule has 1 aromatic rings. The zero-order valence-electron chi connectivity index (χ0n) is 11.1. The van der Waals surface area contributed by atoms with Gasteiger partial charge in [0.25, 0.3) is 0 Å². The molecule has 5 heteroatoms. The van der Waals surface area contributed by atoms with Crippen molar-refractivity contribution < 1.29 is 9.13 Å². The van der Waals surface area contributed by atoms with Gasteiger partial charge in [0.2, 0.25) is 0 Å². The molecule has 0 aliphatic carbocycles. The van der Waals surface area contributed by atoms with Crippen LogP contribution in [0.3, 0.4) is 0 Å². The minimum atomic E-state index is -0.638. The van der Waals surface area contributed by atoms with E-state index in [9.17, 15) is 4.39 Å². The van der Waals surface area contributed by atoms with Crippen molar-refractivity contribution >= 4 is 5.84 Å². The fourth-order valence-corrected chi connectivity index (χ4v) is 2.20. The number of alkyl halides is 1. The second kappa shape index (κ2) is 6.63. The minimum Gasteiger partial charge on any atom is -0.375 e. The summed E-state index contributed by atoms with van der Waals surface area (Å²) in [6, 6.07) is 7.11. The molecule has 3 N–H and O–H groups in total. The van der Waals surface area contributed by atoms with E-state index in [0.717, 1.165) is 36.5 Å². The average Bonchev–Trinajstić information content (AvgIpc) is 2.49. The van der Waals surface area contributed by atoms with E-state index in [1.165, 1.54) is 0 Å². The summed E-state index contributed by atoms with van der Waals surface area (Å²) in [7, 11) is 1.54. The van der Waals surface area contributed by atoms with Gasteiger partial charge in [0.1, 0.15) is 12.5 Å². The molecule has 2 rings (SSSR count). The van der Waals surface area contributed by atoms with Crippen molar-refractivity contribution in [3.05, 3.63) is 35.4 Å². The molecule has 0 spiro atoms. The lowest BCUT2D eigenvalue weighted by Crippen LogP contribution is -2.32. The van der Waals surface area contributed by atoms with Crippen LogP contribution in [0.1, 0.15) is 23.7 Å². The van der Waals surface area contributed by atoms with Gasteiger partial charge in [-0.1, -0.05) is 24.3 Å². The van der Waals surface area contributed by atoms with Crippen LogP contribution in [0.4, 0.5) is 4.39 Å². The Morgan fingerprint density at radius 2 is 2.16 bits per heavy atom. The third-order valence-corrected chi connectivity index (χ3v) is 3.23. The Kier molecular flexibility index (Phi) is 4.87. The Labute approximate surface area is 112 Å². The Bertz CT molecular complexity index is 433. The quantitative estimate of drug-likeness (QED) is 0.846. The van der Waals surface area contributed by atoms with Crippen molar-refractivity contribution in [2.45, 2.75) is 18.6 Å². The molecular weight excluding hydrogens is 245 g/mol. The molecule has 1 aliphatic heterocycles. The van der Waals surface area contributed by atoms with E-state index in [4.69, 9.17) is 10.5 Å². The second-order valence-electron chi connectivity index (χ2n) is 4.61. The summed E-state index contributed by atoms with van der Waals surface area (Å²) in [5.41, 5.74) is 7.62. The monoisotopic (exact) mass is 265 g/mol. The number of rotatable bonds is 5. The number of amidine groups is 1. The second-order valence-corrected chi connectivity index (χ2v) is 4.61. The molecule has 0 bridgehead atoms. The summed E-state index contributed by atoms with van der Waals surface area (Å²) in [5.74, 6) is 0.918. The van der Waals surface area contributed by atoms with Crippen LogP contribution < -0.4 is 11.1 Å². The van der Waals surface area contributed by atoms with Gasteiger partial charge in [-0.05, 0) is 12.0 Å². The fourth-order valence-electron chi connectivity index (χ4n) is 2.20. The zero-order chi connectivity index (χ0) is 13.7. The van der Waals surface area contributed by atoms with Crippen LogP contribution in [0.25, 0.3) is 0 Å². The molecule has 1 aliphatic rings. The van der Waals surface area contributed by atoms with Gasteiger partial charge in [0.15, 0.2) is 0 Å². The highest BCUT2D eigenvalue weighted by Gasteiger charge is 2.19. The molecule has 0 saturated carbocycles. The van der Waals surface area contributed by atoms with Crippen LogP contribution in [0.15, 0.2) is 29.3 Å². The topological polar surface area (TPSA) is 59.6 Å². The zero-order valence-corrected chi connectivity index (χ0v) is 11.1. The lowest BCUT2D eigenvalue weighted by molar-refractivity contribution is 0.0721. The van der Waals surface area contributed by atoms with Crippen molar-refractivity contribution in [3.63, 3.8) is 0 Å². The number of hydrogen-bond acceptors (Lipinski definition) is 4. The maximum absolute atomic E-state index is 12.6. The van der Waals surface area contributed by atoms with Gasteiger partial charge in [-0.2, -0.15) is 0 Å². The first kappa shape index (κ1) is 14.0. The summed E-state index contributed by atoms with van der Waals surface area (Å²) >= 11 is 0. The molecule has 0 saturated heterocycles. The van der Waals surface area contributed by atoms with Crippen molar-refractivity contribution in [1.29, 1.82) is 0 Å². The van der Waals surface area contributed by atoms with Gasteiger partial charge < -0.3 is 15.8 Å². The predicted molar refractivity (Wildman–Crippen MR) is 74.2 cm³/mol. The molecular formula is C14H20FN3O. The highest BCUT2D eigenvalue weighted by Crippen LogP contribution is 2.20. The van der Waals surface area contributed by atoms with Crippen molar-refractivity contribution in [2.75, 3.05) is 26.9 Å². The Hall–Kier alpha value is -1.46. The van der Waals surface area contributed by atoms with E-state index in [-0.39, 0.29) is 0 Å². The lowest BCUT2D eigenvalue weighted by Gasteiger charge is -2.21. The average molecular weight is 265 g/mol. The molecule has 0 aromatic heterocycles. The number of nitrogens with zero attached hydrogens (tertiary/aromatic N) is 1. The molecule has 2 atom stereocenters. The lowest BCUT2D eigenvalue weighted by atomic mass is 10.0. The molecule has 1 aromatic carbocycles. The molecule has 0 fully saturated rings. The molecule has 0 radical (unpaired) electrons. The van der Waals surface area contributed by atoms with Crippen LogP contribution in [0, 0.1) is 0 Å². The van der Waals surface area contributed by atoms with Crippen molar-refractivity contribution in [3.8, 4) is 0 Å². The fraction of sp³-hybridized carbons (Fsp3) is 0.500. The van der Waals surface area contributed by atoms with Gasteiger partial charge in [0, 0.05) is 25.8 Å². The predicted octanol–water partition coefficient (Wildman–Crippen LogP) is 1.41. The van der Waals surface area contributed by atoms with E-state index >= 15 is 0 Å². The number of nitrogens with one attached hydrogen (secondary N) is 1. The van der Waals surface area contributed by atoms with E-state index in [1.807, 2.05) is 24.3 Å². The number of benzene rings is 1. The third kappa shape index (κ3) is 3.30. The van der Waals surface area contributed by atoms with Crippen molar-refractivity contribution in [1.82, 2.24) is 5.32 Å². The van der Waals surface area contributed by atoms with Gasteiger partial charge in [-0.3, -0.25) is 4.99 Å². The van der Waals surface area contributed by atoms with E-state index < -0.39 is 18.8 Å². The molecule has 2 unspecified atom stereocenters. The number of hydrogen-bond donors (Lipinski definition) is 2. The van der Waals surface area contributed by atoms with Gasteiger partial charge in [-0.25, -0.2) is 4.39 Å². The van der Waals surface area contributed by atoms with Crippen molar-refractivity contribution in [2.24, 2.45) is 10.7 Å². The minimum absolute atomic E-state index is 0.416. The Morgan fingerprint density at radius 1 is 1.42 bits per heavy atom. The Morgan fingerprint density at radius 3 is 2.68 bits per heavy atom. The van der Waals surface area contributed by atoms with Gasteiger partial charge in [-0.15, -0.1) is 0 Å². The largest absolute Gasteiger partial charge is 0.375 e. The molecule has 0 amide bonds. The number of halogens is 1. The maximum Gasteiger partial charge on any atom is 0.128 e. The first-order valence-corrected chi connectivity index (χ1v) is 6.49. The first-order chi connectivity index (χ1) is 9.26. The van der Waals surface area contributed by atoms with Crippen LogP contribution >= 0.6 is 0 Å². The summed E-state index contributed by atoms with van der Waals surface area (Å²) in [4.78, 5) is 4.44. The maximum atomic E-state index is 12.6. The van der Waals surface area contributed by atoms with Crippen LogP contribution in [-0.4, -0.2) is 38.8 Å². The normalized spacial score (nSPS) is 18.4. The first-order valence-electron chi connectivity index (χ1n) is 6.49. The number of ether oxygens (including phenoxy) is 1. The number of methoxy groups -OCH3 is 1. The summed E-state index contributed by atoms with van der Waals surface area (Å²) in [6.07, 6.45) is 0.652. The van der Waals surface area contributed by atoms with Crippen LogP contribution in [0.2, 0.25) is 0 Å². The third-order valence-electron chi connectivity index (χ3n) is 3.23. The molecule has 104 valence electrons. The summed E-state index contributed by atoms with van der Waals surface area (Å²) in [5, 5.41) is 3.27. The van der Waals surface area contributed by atoms with Gasteiger partial charge in [0.05, 0.1) is 12.1 Å². The molecule has 19 heavy (non-hydrogen) atoms.